The maximum atomic E-state index is 10.7. The third-order valence-electron chi connectivity index (χ3n) is 1.65. The van der Waals surface area contributed by atoms with Crippen LogP contribution in [0.1, 0.15) is 5.56 Å². The summed E-state index contributed by atoms with van der Waals surface area (Å²) < 4.78 is 51.3. The lowest BCUT2D eigenvalue weighted by Crippen LogP contribution is -2.01. The van der Waals surface area contributed by atoms with E-state index < -0.39 is 20.8 Å². The van der Waals surface area contributed by atoms with Gasteiger partial charge in [-0.05, 0) is 30.7 Å². The maximum Gasteiger partial charge on any atom is 0.294 e. The molecule has 0 unspecified atom stereocenters. The van der Waals surface area contributed by atoms with Gasteiger partial charge in [-0.15, -0.1) is 0 Å². The molecule has 1 rings (SSSR count). The second kappa shape index (κ2) is 3.68. The monoisotopic (exact) mass is 236 g/mol. The van der Waals surface area contributed by atoms with Crippen molar-refractivity contribution in [1.82, 2.24) is 0 Å². The molecule has 78 valence electrons. The first-order valence-corrected chi connectivity index (χ1v) is 6.16. The molecule has 0 heterocycles. The predicted molar refractivity (Wildman–Crippen MR) is 49.6 cm³/mol. The molecule has 0 saturated carbocycles. The van der Waals surface area contributed by atoms with Crippen molar-refractivity contribution in [3.63, 3.8) is 0 Å². The highest BCUT2D eigenvalue weighted by Gasteiger charge is 2.13. The van der Waals surface area contributed by atoms with Crippen LogP contribution in [-0.2, 0) is 20.8 Å². The first-order chi connectivity index (χ1) is 6.32. The van der Waals surface area contributed by atoms with Gasteiger partial charge < -0.3 is 0 Å². The molecule has 0 amide bonds. The molecule has 0 aliphatic heterocycles. The minimum absolute atomic E-state index is 0.0184. The fourth-order valence-electron chi connectivity index (χ4n) is 1.04. The highest BCUT2D eigenvalue weighted by Crippen LogP contribution is 2.16. The molecule has 1 aromatic carbocycles. The zero-order valence-corrected chi connectivity index (χ0v) is 8.88. The van der Waals surface area contributed by atoms with Gasteiger partial charge in [0, 0.05) is 0 Å². The SMILES string of the molecule is Cc1cc([SH](=O)=O)ccc1S(=O)(=O)O. The van der Waals surface area contributed by atoms with E-state index in [9.17, 15) is 16.8 Å². The topological polar surface area (TPSA) is 88.5 Å². The molecule has 1 aromatic rings. The normalized spacial score (nSPS) is 11.9. The second-order valence-corrected chi connectivity index (χ2v) is 5.10. The fourth-order valence-corrected chi connectivity index (χ4v) is 2.24. The van der Waals surface area contributed by atoms with E-state index in [0.29, 0.717) is 0 Å². The number of hydrogen-bond acceptors (Lipinski definition) is 4. The van der Waals surface area contributed by atoms with Gasteiger partial charge in [0.05, 0.1) is 9.79 Å². The molecule has 1 N–H and O–H groups in total. The summed E-state index contributed by atoms with van der Waals surface area (Å²) in [5.41, 5.74) is 0.198. The lowest BCUT2D eigenvalue weighted by atomic mass is 10.2. The average molecular weight is 236 g/mol. The Bertz CT molecular complexity index is 519. The number of rotatable bonds is 2. The summed E-state index contributed by atoms with van der Waals surface area (Å²) in [5.74, 6) is 0. The van der Waals surface area contributed by atoms with Gasteiger partial charge in [-0.2, -0.15) is 8.42 Å². The van der Waals surface area contributed by atoms with Gasteiger partial charge in [-0.1, -0.05) is 0 Å². The number of thiol groups is 1. The van der Waals surface area contributed by atoms with Crippen LogP contribution in [0.25, 0.3) is 0 Å². The third kappa shape index (κ3) is 2.31. The Morgan fingerprint density at radius 1 is 1.29 bits per heavy atom. The molecule has 0 aliphatic rings. The van der Waals surface area contributed by atoms with Gasteiger partial charge in [0.1, 0.15) is 0 Å². The van der Waals surface area contributed by atoms with E-state index in [-0.39, 0.29) is 15.4 Å². The molecule has 7 heteroatoms. The van der Waals surface area contributed by atoms with Crippen LogP contribution in [0.15, 0.2) is 28.0 Å². The molecule has 0 saturated heterocycles. The van der Waals surface area contributed by atoms with Crippen LogP contribution in [0, 0.1) is 6.92 Å². The number of benzene rings is 1. The van der Waals surface area contributed by atoms with E-state index in [1.807, 2.05) is 0 Å². The van der Waals surface area contributed by atoms with Crippen molar-refractivity contribution in [3.05, 3.63) is 23.8 Å². The van der Waals surface area contributed by atoms with Gasteiger partial charge in [-0.25, -0.2) is 8.42 Å². The Morgan fingerprint density at radius 3 is 2.21 bits per heavy atom. The van der Waals surface area contributed by atoms with E-state index in [1.54, 1.807) is 0 Å². The van der Waals surface area contributed by atoms with Gasteiger partial charge in [0.15, 0.2) is 10.7 Å². The van der Waals surface area contributed by atoms with E-state index in [0.717, 1.165) is 12.1 Å². The highest BCUT2D eigenvalue weighted by atomic mass is 32.2. The van der Waals surface area contributed by atoms with Crippen molar-refractivity contribution < 1.29 is 21.4 Å². The molecule has 0 spiro atoms. The Kier molecular flexibility index (Phi) is 2.93. The molecule has 0 fully saturated rings. The Balaban J connectivity index is 3.43. The smallest absolute Gasteiger partial charge is 0.282 e. The molecule has 0 radical (unpaired) electrons. The van der Waals surface area contributed by atoms with Gasteiger partial charge in [0.25, 0.3) is 10.1 Å². The van der Waals surface area contributed by atoms with Crippen LogP contribution in [-0.4, -0.2) is 21.4 Å². The van der Waals surface area contributed by atoms with Gasteiger partial charge in [0.2, 0.25) is 0 Å². The van der Waals surface area contributed by atoms with E-state index in [1.165, 1.54) is 13.0 Å². The van der Waals surface area contributed by atoms with E-state index >= 15 is 0 Å². The van der Waals surface area contributed by atoms with Crippen LogP contribution in [0.3, 0.4) is 0 Å². The quantitative estimate of drug-likeness (QED) is 0.566. The van der Waals surface area contributed by atoms with Crippen molar-refractivity contribution in [2.75, 3.05) is 0 Å². The molecule has 0 aliphatic carbocycles. The van der Waals surface area contributed by atoms with Crippen molar-refractivity contribution >= 4 is 20.8 Å². The van der Waals surface area contributed by atoms with Crippen LogP contribution in [0.4, 0.5) is 0 Å². The van der Waals surface area contributed by atoms with Crippen molar-refractivity contribution in [1.29, 1.82) is 0 Å². The molecule has 0 bridgehead atoms. The van der Waals surface area contributed by atoms with Crippen LogP contribution >= 0.6 is 0 Å². The molecule has 14 heavy (non-hydrogen) atoms. The first kappa shape index (κ1) is 11.2. The summed E-state index contributed by atoms with van der Waals surface area (Å²) in [6.07, 6.45) is 0. The predicted octanol–water partition coefficient (Wildman–Crippen LogP) is 0.212. The summed E-state index contributed by atoms with van der Waals surface area (Å²) in [6, 6.07) is 3.38. The molecule has 5 nitrogen and oxygen atoms in total. The minimum Gasteiger partial charge on any atom is -0.282 e. The first-order valence-electron chi connectivity index (χ1n) is 3.55. The largest absolute Gasteiger partial charge is 0.294 e. The Morgan fingerprint density at radius 2 is 1.86 bits per heavy atom. The molecule has 0 aromatic heterocycles. The standard InChI is InChI=1S/C7H8O5S2/c1-5-4-6(13(8)9)2-3-7(5)14(10,11)12/h2-4,13H,1H3,(H,10,11,12). The summed E-state index contributed by atoms with van der Waals surface area (Å²) in [7, 11) is -7.01. The lowest BCUT2D eigenvalue weighted by molar-refractivity contribution is 0.482. The Labute approximate surface area is 83.1 Å². The van der Waals surface area contributed by atoms with Gasteiger partial charge >= 0.3 is 0 Å². The van der Waals surface area contributed by atoms with Crippen molar-refractivity contribution in [2.24, 2.45) is 0 Å². The van der Waals surface area contributed by atoms with Crippen LogP contribution < -0.4 is 0 Å². The summed E-state index contributed by atoms with van der Waals surface area (Å²) in [5, 5.41) is 0. The molecular weight excluding hydrogens is 228 g/mol. The number of aryl methyl sites for hydroxylation is 1. The fraction of sp³-hybridized carbons (Fsp3) is 0.143. The summed E-state index contributed by atoms with van der Waals surface area (Å²) in [6.45, 7) is 1.41. The molecule has 0 atom stereocenters. The zero-order chi connectivity index (χ0) is 10.9. The Hall–Kier alpha value is -0.920. The molecular formula is C7H8O5S2. The van der Waals surface area contributed by atoms with Crippen molar-refractivity contribution in [3.8, 4) is 0 Å². The highest BCUT2D eigenvalue weighted by molar-refractivity contribution is 7.85. The minimum atomic E-state index is -4.27. The third-order valence-corrected chi connectivity index (χ3v) is 3.36. The second-order valence-electron chi connectivity index (χ2n) is 2.68. The maximum absolute atomic E-state index is 10.7. The number of hydrogen-bond donors (Lipinski definition) is 2. The summed E-state index contributed by atoms with van der Waals surface area (Å²) >= 11 is 0. The zero-order valence-electron chi connectivity index (χ0n) is 7.17. The summed E-state index contributed by atoms with van der Waals surface area (Å²) in [4.78, 5) is -0.261. The lowest BCUT2D eigenvalue weighted by Gasteiger charge is -2.01. The van der Waals surface area contributed by atoms with Gasteiger partial charge in [-0.3, -0.25) is 4.55 Å². The van der Waals surface area contributed by atoms with E-state index in [4.69, 9.17) is 4.55 Å². The van der Waals surface area contributed by atoms with Crippen molar-refractivity contribution in [2.45, 2.75) is 16.7 Å². The van der Waals surface area contributed by atoms with Crippen LogP contribution in [0.2, 0.25) is 0 Å². The van der Waals surface area contributed by atoms with E-state index in [2.05, 4.69) is 0 Å². The van der Waals surface area contributed by atoms with Crippen LogP contribution in [0.5, 0.6) is 0 Å². The average Bonchev–Trinajstić information content (AvgIpc) is 2.01.